The fraction of sp³-hybridized carbons (Fsp3) is 0.750. The second kappa shape index (κ2) is 6.56. The summed E-state index contributed by atoms with van der Waals surface area (Å²) >= 11 is 0. The third-order valence-electron chi connectivity index (χ3n) is 1.54. The quantitative estimate of drug-likeness (QED) is 0.763. The lowest BCUT2D eigenvalue weighted by molar-refractivity contribution is -0.136. The fourth-order valence-corrected chi connectivity index (χ4v) is 0.965. The molecule has 20 heavy (non-hydrogen) atoms. The molecule has 8 nitrogen and oxygen atoms in total. The number of hydrogen-bond donors (Lipinski definition) is 2. The number of nitrogens with zero attached hydrogens (tertiary/aromatic N) is 1. The van der Waals surface area contributed by atoms with E-state index in [-0.39, 0.29) is 0 Å². The van der Waals surface area contributed by atoms with Crippen molar-refractivity contribution in [1.82, 2.24) is 10.4 Å². The predicted molar refractivity (Wildman–Crippen MR) is 69.9 cm³/mol. The summed E-state index contributed by atoms with van der Waals surface area (Å²) in [5.41, 5.74) is 0.486. The lowest BCUT2D eigenvalue weighted by Gasteiger charge is -2.28. The van der Waals surface area contributed by atoms with Crippen LogP contribution in [0.15, 0.2) is 0 Å². The minimum atomic E-state index is -1.23. The lowest BCUT2D eigenvalue weighted by atomic mass is 10.2. The van der Waals surface area contributed by atoms with Crippen LogP contribution in [-0.2, 0) is 14.3 Å². The average molecular weight is 290 g/mol. The molecule has 0 bridgehead atoms. The summed E-state index contributed by atoms with van der Waals surface area (Å²) in [5.74, 6) is -1.23. The van der Waals surface area contributed by atoms with Gasteiger partial charge in [0.1, 0.15) is 17.7 Å². The summed E-state index contributed by atoms with van der Waals surface area (Å²) in [7, 11) is 0. The van der Waals surface area contributed by atoms with Gasteiger partial charge in [0.25, 0.3) is 0 Å². The van der Waals surface area contributed by atoms with Crippen molar-refractivity contribution in [2.75, 3.05) is 6.54 Å². The van der Waals surface area contributed by atoms with Crippen LogP contribution in [0.3, 0.4) is 0 Å². The minimum absolute atomic E-state index is 0.407. The molecule has 2 N–H and O–H groups in total. The van der Waals surface area contributed by atoms with Gasteiger partial charge in [-0.25, -0.2) is 15.0 Å². The Morgan fingerprint density at radius 3 is 1.55 bits per heavy atom. The molecule has 0 aromatic heterocycles. The number of carbonyl (C=O) groups excluding carboxylic acids is 2. The Kier molecular flexibility index (Phi) is 5.96. The van der Waals surface area contributed by atoms with Crippen LogP contribution in [0.1, 0.15) is 41.5 Å². The van der Waals surface area contributed by atoms with E-state index in [0.717, 1.165) is 0 Å². The number of imide groups is 1. The molecule has 0 unspecified atom stereocenters. The summed E-state index contributed by atoms with van der Waals surface area (Å²) < 4.78 is 10.00. The van der Waals surface area contributed by atoms with Crippen molar-refractivity contribution < 1.29 is 29.0 Å². The largest absolute Gasteiger partial charge is 0.480 e. The fourth-order valence-electron chi connectivity index (χ4n) is 0.965. The van der Waals surface area contributed by atoms with E-state index in [4.69, 9.17) is 14.6 Å². The van der Waals surface area contributed by atoms with Gasteiger partial charge >= 0.3 is 18.2 Å². The summed E-state index contributed by atoms with van der Waals surface area (Å²) in [6.07, 6.45) is -2.07. The summed E-state index contributed by atoms with van der Waals surface area (Å²) in [6.45, 7) is 9.10. The lowest BCUT2D eigenvalue weighted by Crippen LogP contribution is -2.52. The van der Waals surface area contributed by atoms with Crippen molar-refractivity contribution in [2.24, 2.45) is 0 Å². The Labute approximate surface area is 118 Å². The number of nitrogens with one attached hydrogen (secondary N) is 1. The molecule has 0 aliphatic rings. The molecule has 0 rings (SSSR count). The van der Waals surface area contributed by atoms with E-state index < -0.39 is 35.9 Å². The maximum atomic E-state index is 11.8. The average Bonchev–Trinajstić information content (AvgIpc) is 2.10. The standard InChI is InChI=1S/C12H22N2O6/c1-11(2,3)19-9(17)14(13-7-8(15)16)10(18)20-12(4,5)6/h13H,7H2,1-6H3,(H,15,16). The number of amides is 2. The molecule has 0 aliphatic carbocycles. The first-order valence-electron chi connectivity index (χ1n) is 6.03. The summed E-state index contributed by atoms with van der Waals surface area (Å²) in [4.78, 5) is 34.2. The molecule has 0 saturated heterocycles. The van der Waals surface area contributed by atoms with E-state index in [9.17, 15) is 14.4 Å². The molecule has 116 valence electrons. The molecule has 0 aromatic rings. The van der Waals surface area contributed by atoms with Gasteiger partial charge in [0, 0.05) is 0 Å². The molecule has 2 amide bonds. The number of hydrogen-bond acceptors (Lipinski definition) is 6. The number of hydrazine groups is 1. The van der Waals surface area contributed by atoms with Crippen LogP contribution < -0.4 is 5.43 Å². The molecule has 0 spiro atoms. The molecule has 0 atom stereocenters. The molecule has 0 saturated carbocycles. The molecule has 0 aliphatic heterocycles. The highest BCUT2D eigenvalue weighted by molar-refractivity contribution is 5.87. The molecular formula is C12H22N2O6. The van der Waals surface area contributed by atoms with Crippen molar-refractivity contribution in [3.05, 3.63) is 0 Å². The van der Waals surface area contributed by atoms with Gasteiger partial charge in [-0.3, -0.25) is 4.79 Å². The van der Waals surface area contributed by atoms with E-state index in [1.54, 1.807) is 41.5 Å². The highest BCUT2D eigenvalue weighted by atomic mass is 16.6. The topological polar surface area (TPSA) is 105 Å². The van der Waals surface area contributed by atoms with Gasteiger partial charge in [-0.15, -0.1) is 5.01 Å². The van der Waals surface area contributed by atoms with Gasteiger partial charge in [-0.05, 0) is 41.5 Å². The molecule has 0 heterocycles. The zero-order chi connectivity index (χ0) is 16.1. The minimum Gasteiger partial charge on any atom is -0.480 e. The third-order valence-corrected chi connectivity index (χ3v) is 1.54. The van der Waals surface area contributed by atoms with E-state index >= 15 is 0 Å². The summed E-state index contributed by atoms with van der Waals surface area (Å²) in [6, 6.07) is 0. The number of carbonyl (C=O) groups is 3. The third kappa shape index (κ3) is 8.30. The van der Waals surface area contributed by atoms with Crippen LogP contribution in [-0.4, -0.2) is 46.0 Å². The van der Waals surface area contributed by atoms with Crippen LogP contribution in [0.4, 0.5) is 9.59 Å². The van der Waals surface area contributed by atoms with Crippen LogP contribution >= 0.6 is 0 Å². The van der Waals surface area contributed by atoms with Crippen molar-refractivity contribution in [3.8, 4) is 0 Å². The number of carboxylic acid groups (broad SMARTS) is 1. The Hall–Kier alpha value is -1.83. The van der Waals surface area contributed by atoms with E-state index in [2.05, 4.69) is 5.43 Å². The van der Waals surface area contributed by atoms with Crippen molar-refractivity contribution in [2.45, 2.75) is 52.7 Å². The van der Waals surface area contributed by atoms with Crippen LogP contribution in [0.25, 0.3) is 0 Å². The monoisotopic (exact) mass is 290 g/mol. The SMILES string of the molecule is CC(C)(C)OC(=O)N(NCC(=O)O)C(=O)OC(C)(C)C. The molecular weight excluding hydrogens is 268 g/mol. The molecule has 8 heteroatoms. The zero-order valence-electron chi connectivity index (χ0n) is 12.6. The van der Waals surface area contributed by atoms with Gasteiger partial charge < -0.3 is 14.6 Å². The Bertz CT molecular complexity index is 352. The van der Waals surface area contributed by atoms with Gasteiger partial charge in [-0.1, -0.05) is 0 Å². The first-order valence-corrected chi connectivity index (χ1v) is 6.03. The van der Waals surface area contributed by atoms with Crippen molar-refractivity contribution in [3.63, 3.8) is 0 Å². The normalized spacial score (nSPS) is 11.7. The maximum Gasteiger partial charge on any atom is 0.434 e. The van der Waals surface area contributed by atoms with Crippen molar-refractivity contribution >= 4 is 18.2 Å². The number of aliphatic carboxylic acids is 1. The van der Waals surface area contributed by atoms with Gasteiger partial charge in [0.15, 0.2) is 0 Å². The van der Waals surface area contributed by atoms with Crippen LogP contribution in [0.2, 0.25) is 0 Å². The van der Waals surface area contributed by atoms with E-state index in [1.807, 2.05) is 0 Å². The number of rotatable bonds is 3. The second-order valence-corrected chi connectivity index (χ2v) is 6.02. The van der Waals surface area contributed by atoms with Crippen LogP contribution in [0.5, 0.6) is 0 Å². The number of carboxylic acids is 1. The zero-order valence-corrected chi connectivity index (χ0v) is 12.6. The van der Waals surface area contributed by atoms with Crippen molar-refractivity contribution in [1.29, 1.82) is 0 Å². The number of ether oxygens (including phenoxy) is 2. The molecule has 0 aromatic carbocycles. The van der Waals surface area contributed by atoms with Gasteiger partial charge in [0.2, 0.25) is 0 Å². The predicted octanol–water partition coefficient (Wildman–Crippen LogP) is 1.75. The second-order valence-electron chi connectivity index (χ2n) is 6.02. The molecule has 0 fully saturated rings. The van der Waals surface area contributed by atoms with Gasteiger partial charge in [-0.2, -0.15) is 0 Å². The Balaban J connectivity index is 4.93. The first-order chi connectivity index (χ1) is 8.82. The van der Waals surface area contributed by atoms with Crippen LogP contribution in [0, 0.1) is 0 Å². The molecule has 0 radical (unpaired) electrons. The van der Waals surface area contributed by atoms with E-state index in [1.165, 1.54) is 0 Å². The first kappa shape index (κ1) is 18.2. The highest BCUT2D eigenvalue weighted by Gasteiger charge is 2.31. The Morgan fingerprint density at radius 2 is 1.30 bits per heavy atom. The van der Waals surface area contributed by atoms with E-state index in [0.29, 0.717) is 5.01 Å². The van der Waals surface area contributed by atoms with Gasteiger partial charge in [0.05, 0.1) is 0 Å². The summed E-state index contributed by atoms with van der Waals surface area (Å²) in [5, 5.41) is 9.01. The smallest absolute Gasteiger partial charge is 0.434 e. The highest BCUT2D eigenvalue weighted by Crippen LogP contribution is 2.13. The Morgan fingerprint density at radius 1 is 0.950 bits per heavy atom. The maximum absolute atomic E-state index is 11.8.